The smallest absolute Gasteiger partial charge is 0.462 e. The zero-order valence-electron chi connectivity index (χ0n) is 56.1. The molecule has 516 valence electrons. The van der Waals surface area contributed by atoms with Gasteiger partial charge in [0.05, 0.1) is 32.5 Å². The third-order valence-electron chi connectivity index (χ3n) is 16.3. The Morgan fingerprint density at radius 3 is 1.15 bits per heavy atom. The first kappa shape index (κ1) is 82.8. The first-order chi connectivity index (χ1) is 42.5. The summed E-state index contributed by atoms with van der Waals surface area (Å²) >= 11 is 0. The topological polar surface area (TPSA) is 269 Å². The monoisotopic (exact) mass is 1270 g/mol. The van der Waals surface area contributed by atoms with Gasteiger partial charge >= 0.3 is 31.7 Å². The van der Waals surface area contributed by atoms with Crippen LogP contribution in [-0.2, 0) is 66.3 Å². The van der Waals surface area contributed by atoms with E-state index in [2.05, 4.69) is 38.3 Å². The minimum Gasteiger partial charge on any atom is -0.462 e. The number of phosphoric ester groups is 1. The van der Waals surface area contributed by atoms with Crippen LogP contribution in [0.15, 0.2) is 0 Å². The number of hydrogen-bond donors (Lipinski definition) is 5. The molecule has 0 aliphatic carbocycles. The summed E-state index contributed by atoms with van der Waals surface area (Å²) in [6.45, 7) is 11.4. The lowest BCUT2D eigenvalue weighted by molar-refractivity contribution is -0.270. The Hall–Kier alpha value is -3.19. The van der Waals surface area contributed by atoms with E-state index in [0.717, 1.165) is 116 Å². The van der Waals surface area contributed by atoms with Gasteiger partial charge in [0.25, 0.3) is 0 Å². The summed E-state index contributed by atoms with van der Waals surface area (Å²) in [6.07, 6.45) is 27.8. The summed E-state index contributed by atoms with van der Waals surface area (Å²) in [5.74, 6) is -3.29. The van der Waals surface area contributed by atoms with Crippen molar-refractivity contribution in [2.45, 2.75) is 379 Å². The van der Waals surface area contributed by atoms with E-state index in [1.807, 2.05) is 13.8 Å². The zero-order chi connectivity index (χ0) is 64.9. The summed E-state index contributed by atoms with van der Waals surface area (Å²) in [5.41, 5.74) is 0. The van der Waals surface area contributed by atoms with Crippen molar-refractivity contribution in [3.63, 3.8) is 0 Å². The van der Waals surface area contributed by atoms with E-state index in [1.54, 1.807) is 0 Å². The van der Waals surface area contributed by atoms with Crippen molar-refractivity contribution in [3.8, 4) is 0 Å². The second-order valence-corrected chi connectivity index (χ2v) is 25.9. The summed E-state index contributed by atoms with van der Waals surface area (Å²) in [7, 11) is -5.44. The number of phosphoric acid groups is 1. The molecule has 0 spiro atoms. The Kier molecular flexibility index (Phi) is 52.2. The Morgan fingerprint density at radius 1 is 0.443 bits per heavy atom. The van der Waals surface area contributed by atoms with Crippen LogP contribution in [0.1, 0.15) is 330 Å². The second-order valence-electron chi connectivity index (χ2n) is 24.7. The maximum absolute atomic E-state index is 14.5. The molecule has 0 aromatic rings. The van der Waals surface area contributed by atoms with Gasteiger partial charge in [-0.15, -0.1) is 0 Å². The highest BCUT2D eigenvalue weighted by Crippen LogP contribution is 2.42. The van der Waals surface area contributed by atoms with Crippen LogP contribution in [0.4, 0.5) is 0 Å². The molecule has 1 aliphatic rings. The first-order valence-corrected chi connectivity index (χ1v) is 37.0. The van der Waals surface area contributed by atoms with E-state index in [9.17, 15) is 48.2 Å². The molecule has 2 amide bonds. The molecule has 88 heavy (non-hydrogen) atoms. The molecule has 0 saturated carbocycles. The summed E-state index contributed by atoms with van der Waals surface area (Å²) in [6, 6.07) is -1.57. The number of hydrogen-bond acceptors (Lipinski definition) is 15. The molecule has 0 unspecified atom stereocenters. The standard InChI is InChI=1S/C68H127N2O17P/c1-7-13-19-22-25-28-31-34-40-43-55(82-61(74)46-37-16-10-4)51-59(72)69-49-50-81-68-65(70-60(73)52-56(83-62(75)47-38-17-11-5)44-41-35-32-29-26-23-20-14-8-2)67(66(58(54-71)85-68)87-88(78,79)80)86-64(77)53-57(84-63(76)48-39-18-12-6)45-42-36-33-30-27-24-21-15-9-3/h55-58,65-68,71H,7-54H2,1-6H3,(H,69,72)(H,70,73)(H2,78,79,80)/t55-,56-,57-,58-,65-,66-,67-,68+/m1/s1. The van der Waals surface area contributed by atoms with E-state index in [-0.39, 0.29) is 51.2 Å². The average Bonchev–Trinajstić information content (AvgIpc) is 2.38. The molecular weight excluding hydrogens is 1150 g/mol. The molecular formula is C68H127N2O17P. The molecule has 0 aromatic carbocycles. The lowest BCUT2D eigenvalue weighted by atomic mass is 9.96. The van der Waals surface area contributed by atoms with Crippen molar-refractivity contribution in [2.75, 3.05) is 19.8 Å². The maximum atomic E-state index is 14.5. The predicted molar refractivity (Wildman–Crippen MR) is 345 cm³/mol. The van der Waals surface area contributed by atoms with Crippen molar-refractivity contribution >= 4 is 43.5 Å². The van der Waals surface area contributed by atoms with Gasteiger partial charge < -0.3 is 53.9 Å². The Bertz CT molecular complexity index is 1820. The summed E-state index contributed by atoms with van der Waals surface area (Å²) < 4.78 is 54.3. The fraction of sp³-hybridized carbons (Fsp3) is 0.912. The van der Waals surface area contributed by atoms with Crippen molar-refractivity contribution in [3.05, 3.63) is 0 Å². The van der Waals surface area contributed by atoms with Crippen LogP contribution in [0.25, 0.3) is 0 Å². The maximum Gasteiger partial charge on any atom is 0.470 e. The number of carbonyl (C=O) groups is 6. The van der Waals surface area contributed by atoms with E-state index >= 15 is 0 Å². The molecule has 0 aromatic heterocycles. The Balaban J connectivity index is 3.61. The van der Waals surface area contributed by atoms with Crippen LogP contribution in [0.3, 0.4) is 0 Å². The van der Waals surface area contributed by atoms with E-state index in [4.69, 9.17) is 32.9 Å². The third-order valence-corrected chi connectivity index (χ3v) is 16.9. The SMILES string of the molecule is CCCCCCCCCCC[C@H](CC(=O)NCCO[C@H]1O[C@H](CO)[C@@H](OP(=O)(O)O)[C@H](OC(=O)C[C@@H](CCCCCCCCCCC)OC(=O)CCCCC)[C@H]1NC(=O)C[C@@H](CCCCCCCCCCC)OC(=O)CCCCC)OC(=O)CCCCC. The van der Waals surface area contributed by atoms with Gasteiger partial charge in [-0.2, -0.15) is 0 Å². The molecule has 1 saturated heterocycles. The molecule has 1 heterocycles. The number of aliphatic hydroxyl groups is 1. The largest absolute Gasteiger partial charge is 0.470 e. The van der Waals surface area contributed by atoms with Gasteiger partial charge in [-0.25, -0.2) is 4.57 Å². The van der Waals surface area contributed by atoms with Crippen LogP contribution in [0.5, 0.6) is 0 Å². The molecule has 1 fully saturated rings. The highest BCUT2D eigenvalue weighted by atomic mass is 31.2. The van der Waals surface area contributed by atoms with Gasteiger partial charge in [0.1, 0.15) is 36.6 Å². The van der Waals surface area contributed by atoms with Crippen LogP contribution in [0, 0.1) is 0 Å². The quantitative estimate of drug-likeness (QED) is 0.0164. The number of rotatable bonds is 60. The van der Waals surface area contributed by atoms with E-state index in [0.29, 0.717) is 51.4 Å². The Morgan fingerprint density at radius 2 is 0.784 bits per heavy atom. The van der Waals surface area contributed by atoms with Crippen molar-refractivity contribution in [1.82, 2.24) is 10.6 Å². The van der Waals surface area contributed by atoms with Gasteiger partial charge in [-0.1, -0.05) is 234 Å². The normalized spacial score (nSPS) is 17.9. The van der Waals surface area contributed by atoms with E-state index < -0.39 is 99.5 Å². The number of carbonyl (C=O) groups excluding carboxylic acids is 6. The first-order valence-electron chi connectivity index (χ1n) is 35.5. The lowest BCUT2D eigenvalue weighted by Crippen LogP contribution is -2.66. The highest BCUT2D eigenvalue weighted by molar-refractivity contribution is 7.46. The molecule has 1 rings (SSSR count). The molecule has 20 heteroatoms. The number of unbranched alkanes of at least 4 members (excludes halogenated alkanes) is 30. The van der Waals surface area contributed by atoms with E-state index in [1.165, 1.54) is 83.5 Å². The number of ether oxygens (including phenoxy) is 6. The highest BCUT2D eigenvalue weighted by Gasteiger charge is 2.52. The number of aliphatic hydroxyl groups excluding tert-OH is 1. The molecule has 0 radical (unpaired) electrons. The summed E-state index contributed by atoms with van der Waals surface area (Å²) in [5, 5.41) is 16.4. The van der Waals surface area contributed by atoms with Crippen molar-refractivity contribution < 1.29 is 81.2 Å². The zero-order valence-corrected chi connectivity index (χ0v) is 57.0. The molecule has 0 bridgehead atoms. The Labute approximate surface area is 532 Å². The lowest BCUT2D eigenvalue weighted by Gasteiger charge is -2.45. The van der Waals surface area contributed by atoms with Crippen molar-refractivity contribution in [1.29, 1.82) is 0 Å². The van der Waals surface area contributed by atoms with Gasteiger partial charge in [0, 0.05) is 25.8 Å². The molecule has 5 N–H and O–H groups in total. The molecule has 1 aliphatic heterocycles. The van der Waals surface area contributed by atoms with Gasteiger partial charge in [-0.05, 0) is 57.8 Å². The van der Waals surface area contributed by atoms with Crippen molar-refractivity contribution in [2.24, 2.45) is 0 Å². The van der Waals surface area contributed by atoms with Gasteiger partial charge in [-0.3, -0.25) is 33.3 Å². The van der Waals surface area contributed by atoms with Gasteiger partial charge in [0.2, 0.25) is 11.8 Å². The van der Waals surface area contributed by atoms with Crippen LogP contribution in [0.2, 0.25) is 0 Å². The minimum absolute atomic E-state index is 0.0846. The van der Waals surface area contributed by atoms with Crippen LogP contribution < -0.4 is 10.6 Å². The predicted octanol–water partition coefficient (Wildman–Crippen LogP) is 15.1. The summed E-state index contributed by atoms with van der Waals surface area (Å²) in [4.78, 5) is 102. The average molecular weight is 1280 g/mol. The van der Waals surface area contributed by atoms with Gasteiger partial charge in [0.15, 0.2) is 12.4 Å². The fourth-order valence-electron chi connectivity index (χ4n) is 11.2. The number of esters is 4. The van der Waals surface area contributed by atoms with Crippen LogP contribution >= 0.6 is 7.82 Å². The second kappa shape index (κ2) is 55.4. The number of amides is 2. The fourth-order valence-corrected chi connectivity index (χ4v) is 11.8. The minimum atomic E-state index is -5.44. The molecule has 19 nitrogen and oxygen atoms in total. The number of nitrogens with one attached hydrogen (secondary N) is 2. The third kappa shape index (κ3) is 45.1. The van der Waals surface area contributed by atoms with Crippen LogP contribution in [-0.4, -0.2) is 119 Å². The molecule has 8 atom stereocenters.